The van der Waals surface area contributed by atoms with Crippen molar-refractivity contribution in [1.29, 1.82) is 0 Å². The topological polar surface area (TPSA) is 91.6 Å². The summed E-state index contributed by atoms with van der Waals surface area (Å²) in [6, 6.07) is 9.97. The van der Waals surface area contributed by atoms with Crippen molar-refractivity contribution in [1.82, 2.24) is 0 Å². The summed E-state index contributed by atoms with van der Waals surface area (Å²) in [4.78, 5) is 30.7. The monoisotopic (exact) mass is 585 g/mol. The van der Waals surface area contributed by atoms with Crippen LogP contribution in [0.5, 0.6) is 0 Å². The van der Waals surface area contributed by atoms with Crippen molar-refractivity contribution < 1.29 is 27.8 Å². The molecule has 42 heavy (non-hydrogen) atoms. The average molecular weight is 586 g/mol. The third-order valence-corrected chi connectivity index (χ3v) is 8.35. The molecule has 6 rings (SSSR count). The van der Waals surface area contributed by atoms with Crippen molar-refractivity contribution in [3.63, 3.8) is 0 Å². The van der Waals surface area contributed by atoms with Gasteiger partial charge in [-0.2, -0.15) is 0 Å². The van der Waals surface area contributed by atoms with Crippen LogP contribution in [0.4, 0.5) is 41.1 Å². The quantitative estimate of drug-likeness (QED) is 0.468. The molecule has 0 bridgehead atoms. The molecular formula is C31H41F2N5O4. The van der Waals surface area contributed by atoms with Crippen LogP contribution in [0, 0.1) is 11.6 Å². The number of carbonyl (C=O) groups is 2. The van der Waals surface area contributed by atoms with Gasteiger partial charge in [0, 0.05) is 32.7 Å². The minimum Gasteiger partial charge on any atom is -0.444 e. The lowest BCUT2D eigenvalue weighted by Gasteiger charge is -2.29. The van der Waals surface area contributed by atoms with Gasteiger partial charge in [0.05, 0.1) is 35.8 Å². The molecule has 2 atom stereocenters. The number of nitrogens with zero attached hydrogens (tertiary/aromatic N) is 4. The Morgan fingerprint density at radius 1 is 0.714 bits per heavy atom. The fourth-order valence-electron chi connectivity index (χ4n) is 5.91. The molecule has 2 aromatic carbocycles. The maximum absolute atomic E-state index is 14.4. The average Bonchev–Trinajstić information content (AvgIpc) is 3.60. The first-order valence-corrected chi connectivity index (χ1v) is 15.1. The molecule has 4 aliphatic rings. The molecule has 4 aliphatic heterocycles. The van der Waals surface area contributed by atoms with E-state index in [0.717, 1.165) is 58.3 Å². The molecule has 0 spiro atoms. The number of rotatable bonds is 6. The highest BCUT2D eigenvalue weighted by Crippen LogP contribution is 2.31. The molecule has 0 saturated carbocycles. The molecule has 0 radical (unpaired) electrons. The second-order valence-corrected chi connectivity index (χ2v) is 11.2. The summed E-state index contributed by atoms with van der Waals surface area (Å²) in [5.74, 6) is -0.555. The van der Waals surface area contributed by atoms with Crippen LogP contribution in [0.25, 0.3) is 0 Å². The fraction of sp³-hybridized carbons (Fsp3) is 0.548. The number of benzene rings is 2. The zero-order valence-corrected chi connectivity index (χ0v) is 24.3. The molecule has 228 valence electrons. The maximum Gasteiger partial charge on any atom is 0.414 e. The number of hydrogen-bond donors (Lipinski definition) is 1. The summed E-state index contributed by atoms with van der Waals surface area (Å²) in [6.07, 6.45) is 6.35. The van der Waals surface area contributed by atoms with Crippen LogP contribution in [0.3, 0.4) is 0 Å². The van der Waals surface area contributed by atoms with Gasteiger partial charge in [-0.25, -0.2) is 18.4 Å². The Bertz CT molecular complexity index is 1160. The van der Waals surface area contributed by atoms with Gasteiger partial charge in [0.15, 0.2) is 0 Å². The van der Waals surface area contributed by atoms with Gasteiger partial charge in [-0.1, -0.05) is 6.92 Å². The predicted octanol–water partition coefficient (Wildman–Crippen LogP) is 5.65. The van der Waals surface area contributed by atoms with E-state index in [1.165, 1.54) is 34.8 Å². The van der Waals surface area contributed by atoms with Gasteiger partial charge in [0.25, 0.3) is 0 Å². The summed E-state index contributed by atoms with van der Waals surface area (Å²) in [5, 5.41) is 0. The standard InChI is InChI=1S/C16H21FN2O2.C15H20FN3O2/c1-2-13-11-19(16(20)21-13)12-6-7-15(14(17)10-12)18-8-4-3-5-9-18;16-13-8-11(19-10-12(9-17)21-15(19)20)4-5-14(13)18-6-2-1-3-7-18/h6-7,10,13H,2-5,8-9,11H2,1H3;4-5,8,12H,1-3,6-7,9-10,17H2/t13-;12-/m00/s1. The van der Waals surface area contributed by atoms with Crippen LogP contribution in [0.1, 0.15) is 51.9 Å². The summed E-state index contributed by atoms with van der Waals surface area (Å²) in [7, 11) is 0. The van der Waals surface area contributed by atoms with Crippen LogP contribution < -0.4 is 25.3 Å². The molecule has 4 fully saturated rings. The number of amides is 2. The molecule has 2 amide bonds. The Morgan fingerprint density at radius 2 is 1.14 bits per heavy atom. The van der Waals surface area contributed by atoms with E-state index in [0.29, 0.717) is 35.8 Å². The van der Waals surface area contributed by atoms with Crippen LogP contribution in [-0.2, 0) is 9.47 Å². The number of halogens is 2. The van der Waals surface area contributed by atoms with E-state index in [9.17, 15) is 18.4 Å². The Morgan fingerprint density at radius 3 is 1.50 bits per heavy atom. The van der Waals surface area contributed by atoms with Crippen molar-refractivity contribution in [2.75, 3.05) is 65.4 Å². The van der Waals surface area contributed by atoms with Gasteiger partial charge in [-0.3, -0.25) is 9.80 Å². The van der Waals surface area contributed by atoms with Gasteiger partial charge in [-0.15, -0.1) is 0 Å². The first-order valence-electron chi connectivity index (χ1n) is 15.1. The largest absolute Gasteiger partial charge is 0.444 e. The van der Waals surface area contributed by atoms with Crippen LogP contribution in [0.2, 0.25) is 0 Å². The molecule has 2 aromatic rings. The Balaban J connectivity index is 0.000000168. The van der Waals surface area contributed by atoms with Crippen molar-refractivity contribution in [2.45, 2.75) is 64.1 Å². The highest BCUT2D eigenvalue weighted by atomic mass is 19.1. The van der Waals surface area contributed by atoms with Gasteiger partial charge >= 0.3 is 12.2 Å². The maximum atomic E-state index is 14.4. The van der Waals surface area contributed by atoms with Crippen LogP contribution >= 0.6 is 0 Å². The van der Waals surface area contributed by atoms with Crippen molar-refractivity contribution in [3.8, 4) is 0 Å². The normalized spacial score (nSPS) is 22.6. The van der Waals surface area contributed by atoms with Crippen molar-refractivity contribution in [3.05, 3.63) is 48.0 Å². The number of carbonyl (C=O) groups excluding carboxylic acids is 2. The zero-order chi connectivity index (χ0) is 29.6. The van der Waals surface area contributed by atoms with E-state index >= 15 is 0 Å². The summed E-state index contributed by atoms with van der Waals surface area (Å²) < 4.78 is 39.0. The van der Waals surface area contributed by atoms with E-state index < -0.39 is 6.09 Å². The van der Waals surface area contributed by atoms with E-state index in [1.807, 2.05) is 13.0 Å². The lowest BCUT2D eigenvalue weighted by Crippen LogP contribution is -2.30. The molecule has 0 unspecified atom stereocenters. The summed E-state index contributed by atoms with van der Waals surface area (Å²) in [5.41, 5.74) is 7.85. The smallest absolute Gasteiger partial charge is 0.414 e. The number of anilines is 4. The van der Waals surface area contributed by atoms with Gasteiger partial charge in [-0.05, 0) is 81.3 Å². The van der Waals surface area contributed by atoms with E-state index in [1.54, 1.807) is 18.2 Å². The van der Waals surface area contributed by atoms with Gasteiger partial charge in [0.1, 0.15) is 23.8 Å². The number of hydrogen-bond acceptors (Lipinski definition) is 7. The molecular weight excluding hydrogens is 544 g/mol. The number of cyclic esters (lactones) is 2. The van der Waals surface area contributed by atoms with Gasteiger partial charge < -0.3 is 25.0 Å². The first-order chi connectivity index (χ1) is 20.4. The Labute approximate surface area is 246 Å². The third-order valence-electron chi connectivity index (χ3n) is 8.35. The molecule has 9 nitrogen and oxygen atoms in total. The van der Waals surface area contributed by atoms with Crippen LogP contribution in [-0.4, -0.2) is 70.2 Å². The fourth-order valence-corrected chi connectivity index (χ4v) is 5.91. The van der Waals surface area contributed by atoms with E-state index in [-0.39, 0.29) is 36.5 Å². The van der Waals surface area contributed by atoms with Crippen molar-refractivity contribution in [2.24, 2.45) is 5.73 Å². The minimum atomic E-state index is -0.462. The highest BCUT2D eigenvalue weighted by molar-refractivity contribution is 5.90. The first kappa shape index (κ1) is 29.9. The van der Waals surface area contributed by atoms with Crippen LogP contribution in [0.15, 0.2) is 36.4 Å². The summed E-state index contributed by atoms with van der Waals surface area (Å²) >= 11 is 0. The predicted molar refractivity (Wildman–Crippen MR) is 160 cm³/mol. The number of piperidine rings is 2. The van der Waals surface area contributed by atoms with Crippen molar-refractivity contribution >= 4 is 34.9 Å². The lowest BCUT2D eigenvalue weighted by molar-refractivity contribution is 0.139. The van der Waals surface area contributed by atoms with E-state index in [4.69, 9.17) is 15.2 Å². The molecule has 0 aromatic heterocycles. The molecule has 4 saturated heterocycles. The second kappa shape index (κ2) is 13.6. The number of ether oxygens (including phenoxy) is 2. The van der Waals surface area contributed by atoms with Gasteiger partial charge in [0.2, 0.25) is 0 Å². The zero-order valence-electron chi connectivity index (χ0n) is 24.3. The lowest BCUT2D eigenvalue weighted by atomic mass is 10.1. The molecule has 2 N–H and O–H groups in total. The minimum absolute atomic E-state index is 0.0951. The van der Waals surface area contributed by atoms with E-state index in [2.05, 4.69) is 9.80 Å². The second-order valence-electron chi connectivity index (χ2n) is 11.2. The third kappa shape index (κ3) is 6.72. The molecule has 4 heterocycles. The summed E-state index contributed by atoms with van der Waals surface area (Å²) in [6.45, 7) is 6.70. The Kier molecular flexibility index (Phi) is 9.66. The molecule has 11 heteroatoms. The Hall–Kier alpha value is -3.60. The number of nitrogens with two attached hydrogens (primary N) is 1. The highest BCUT2D eigenvalue weighted by Gasteiger charge is 2.33. The molecule has 0 aliphatic carbocycles. The SMILES string of the molecule is CC[C@H]1CN(c2ccc(N3CCCCC3)c(F)c2)C(=O)O1.NC[C@H]1CN(c2ccc(N3CCCCC3)c(F)c2)C(=O)O1.